The highest BCUT2D eigenvalue weighted by Gasteiger charge is 2.23. The molecule has 0 radical (unpaired) electrons. The first kappa shape index (κ1) is 17.9. The Bertz CT molecular complexity index is 1000. The topological polar surface area (TPSA) is 102 Å². The summed E-state index contributed by atoms with van der Waals surface area (Å²) in [6.07, 6.45) is 0.644. The third kappa shape index (κ3) is 3.52. The van der Waals surface area contributed by atoms with Crippen molar-refractivity contribution >= 4 is 27.5 Å². The number of carbonyl (C=O) groups excluding carboxylic acids is 2. The molecule has 0 fully saturated rings. The largest absolute Gasteiger partial charge is 0.497 e. The number of nitrogens with one attached hydrogen (secondary N) is 2. The van der Waals surface area contributed by atoms with Crippen LogP contribution in [0.5, 0.6) is 5.75 Å². The monoisotopic (exact) mass is 378 g/mol. The fraction of sp³-hybridized carbons (Fsp3) is 0.176. The molecule has 0 spiro atoms. The summed E-state index contributed by atoms with van der Waals surface area (Å²) in [5, 5.41) is 2.64. The fourth-order valence-electron chi connectivity index (χ4n) is 2.57. The van der Waals surface area contributed by atoms with Crippen molar-refractivity contribution in [2.75, 3.05) is 12.4 Å². The molecule has 1 aliphatic heterocycles. The number of amides is 2. The molecule has 0 unspecified atom stereocenters. The van der Waals surface area contributed by atoms with E-state index in [4.69, 9.17) is 4.74 Å². The minimum absolute atomic E-state index is 0.142. The van der Waals surface area contributed by atoms with Gasteiger partial charge in [0, 0.05) is 18.2 Å². The molecule has 2 aromatic rings. The SMILES string of the molecule is COc1ccc(C(=O)NS(=O)(=O)c2ccc3c(c2)CCC(=O)N3)c(F)c1. The van der Waals surface area contributed by atoms with Gasteiger partial charge in [-0.05, 0) is 42.3 Å². The van der Waals surface area contributed by atoms with E-state index in [0.717, 1.165) is 12.1 Å². The van der Waals surface area contributed by atoms with Gasteiger partial charge in [0.05, 0.1) is 17.6 Å². The number of carbonyl (C=O) groups is 2. The number of halogens is 1. The van der Waals surface area contributed by atoms with Crippen LogP contribution in [-0.2, 0) is 21.2 Å². The molecule has 0 bridgehead atoms. The summed E-state index contributed by atoms with van der Waals surface area (Å²) in [6, 6.07) is 7.59. The van der Waals surface area contributed by atoms with E-state index in [1.807, 2.05) is 4.72 Å². The molecule has 0 saturated heterocycles. The summed E-state index contributed by atoms with van der Waals surface area (Å²) in [5.74, 6) is -1.92. The van der Waals surface area contributed by atoms with Gasteiger partial charge >= 0.3 is 0 Å². The smallest absolute Gasteiger partial charge is 0.267 e. The highest BCUT2D eigenvalue weighted by molar-refractivity contribution is 7.90. The number of ether oxygens (including phenoxy) is 1. The van der Waals surface area contributed by atoms with Gasteiger partial charge in [0.25, 0.3) is 15.9 Å². The van der Waals surface area contributed by atoms with E-state index in [9.17, 15) is 22.4 Å². The Morgan fingerprint density at radius 3 is 2.65 bits per heavy atom. The Morgan fingerprint density at radius 1 is 1.19 bits per heavy atom. The lowest BCUT2D eigenvalue weighted by Gasteiger charge is -2.17. The lowest BCUT2D eigenvalue weighted by atomic mass is 10.0. The van der Waals surface area contributed by atoms with E-state index in [2.05, 4.69) is 5.32 Å². The van der Waals surface area contributed by atoms with Crippen LogP contribution in [0.15, 0.2) is 41.3 Å². The molecule has 0 saturated carbocycles. The normalized spacial score (nSPS) is 13.5. The summed E-state index contributed by atoms with van der Waals surface area (Å²) in [5.41, 5.74) is 0.767. The average molecular weight is 378 g/mol. The highest BCUT2D eigenvalue weighted by Crippen LogP contribution is 2.25. The second kappa shape index (κ2) is 6.75. The van der Waals surface area contributed by atoms with Gasteiger partial charge in [-0.2, -0.15) is 0 Å². The molecule has 0 aliphatic carbocycles. The number of aryl methyl sites for hydroxylation is 1. The highest BCUT2D eigenvalue weighted by atomic mass is 32.2. The molecule has 1 aliphatic rings. The second-order valence-corrected chi connectivity index (χ2v) is 7.33. The van der Waals surface area contributed by atoms with Crippen LogP contribution in [0.25, 0.3) is 0 Å². The molecule has 1 heterocycles. The van der Waals surface area contributed by atoms with Gasteiger partial charge in [-0.25, -0.2) is 17.5 Å². The summed E-state index contributed by atoms with van der Waals surface area (Å²) < 4.78 is 45.5. The van der Waals surface area contributed by atoms with Gasteiger partial charge in [-0.3, -0.25) is 9.59 Å². The van der Waals surface area contributed by atoms with Crippen LogP contribution in [0.3, 0.4) is 0 Å². The van der Waals surface area contributed by atoms with E-state index >= 15 is 0 Å². The van der Waals surface area contributed by atoms with Crippen LogP contribution in [0.2, 0.25) is 0 Å². The molecule has 9 heteroatoms. The molecule has 136 valence electrons. The molecule has 0 aromatic heterocycles. The van der Waals surface area contributed by atoms with Crippen molar-refractivity contribution < 1.29 is 27.1 Å². The number of sulfonamides is 1. The van der Waals surface area contributed by atoms with Gasteiger partial charge in [0.2, 0.25) is 5.91 Å². The maximum Gasteiger partial charge on any atom is 0.267 e. The first-order chi connectivity index (χ1) is 12.3. The van der Waals surface area contributed by atoms with Crippen LogP contribution in [0.4, 0.5) is 10.1 Å². The molecular weight excluding hydrogens is 363 g/mol. The predicted molar refractivity (Wildman–Crippen MR) is 91.0 cm³/mol. The third-order valence-electron chi connectivity index (χ3n) is 3.93. The van der Waals surface area contributed by atoms with E-state index in [1.54, 1.807) is 0 Å². The van der Waals surface area contributed by atoms with E-state index in [-0.39, 0.29) is 23.0 Å². The number of hydrogen-bond acceptors (Lipinski definition) is 5. The number of rotatable bonds is 4. The predicted octanol–water partition coefficient (Wildman–Crippen LogP) is 1.84. The van der Waals surface area contributed by atoms with Crippen molar-refractivity contribution in [2.24, 2.45) is 0 Å². The minimum Gasteiger partial charge on any atom is -0.497 e. The molecule has 2 amide bonds. The Labute approximate surface area is 149 Å². The maximum absolute atomic E-state index is 14.0. The van der Waals surface area contributed by atoms with E-state index in [1.165, 1.54) is 31.4 Å². The van der Waals surface area contributed by atoms with Gasteiger partial charge in [-0.1, -0.05) is 0 Å². The Hall–Kier alpha value is -2.94. The van der Waals surface area contributed by atoms with Crippen molar-refractivity contribution in [2.45, 2.75) is 17.7 Å². The summed E-state index contributed by atoms with van der Waals surface area (Å²) in [7, 11) is -2.85. The molecule has 2 aromatic carbocycles. The molecule has 0 atom stereocenters. The Morgan fingerprint density at radius 2 is 1.96 bits per heavy atom. The lowest BCUT2D eigenvalue weighted by Crippen LogP contribution is -2.31. The van der Waals surface area contributed by atoms with Crippen LogP contribution >= 0.6 is 0 Å². The van der Waals surface area contributed by atoms with Crippen LogP contribution in [0, 0.1) is 5.82 Å². The van der Waals surface area contributed by atoms with Crippen molar-refractivity contribution in [1.82, 2.24) is 4.72 Å². The number of benzene rings is 2. The molecule has 26 heavy (non-hydrogen) atoms. The molecular formula is C17H15FN2O5S. The minimum atomic E-state index is -4.20. The zero-order valence-corrected chi connectivity index (χ0v) is 14.5. The van der Waals surface area contributed by atoms with Crippen LogP contribution in [-0.4, -0.2) is 27.3 Å². The third-order valence-corrected chi connectivity index (χ3v) is 5.26. The van der Waals surface area contributed by atoms with Gasteiger partial charge in [0.1, 0.15) is 11.6 Å². The second-order valence-electron chi connectivity index (χ2n) is 5.65. The molecule has 2 N–H and O–H groups in total. The van der Waals surface area contributed by atoms with Crippen molar-refractivity contribution in [1.29, 1.82) is 0 Å². The zero-order valence-electron chi connectivity index (χ0n) is 13.7. The maximum atomic E-state index is 14.0. The first-order valence-electron chi connectivity index (χ1n) is 7.63. The van der Waals surface area contributed by atoms with Gasteiger partial charge < -0.3 is 10.1 Å². The zero-order chi connectivity index (χ0) is 18.9. The van der Waals surface area contributed by atoms with Crippen LogP contribution < -0.4 is 14.8 Å². The lowest BCUT2D eigenvalue weighted by molar-refractivity contribution is -0.116. The Kier molecular flexibility index (Phi) is 4.64. The average Bonchev–Trinajstić information content (AvgIpc) is 2.60. The van der Waals surface area contributed by atoms with Crippen LogP contribution in [0.1, 0.15) is 22.3 Å². The summed E-state index contributed by atoms with van der Waals surface area (Å²) in [4.78, 5) is 23.4. The van der Waals surface area contributed by atoms with Gasteiger partial charge in [0.15, 0.2) is 0 Å². The number of methoxy groups -OCH3 is 1. The van der Waals surface area contributed by atoms with E-state index < -0.39 is 27.3 Å². The quantitative estimate of drug-likeness (QED) is 0.845. The molecule has 3 rings (SSSR count). The number of fused-ring (bicyclic) bond motifs is 1. The molecule has 7 nitrogen and oxygen atoms in total. The Balaban J connectivity index is 1.85. The summed E-state index contributed by atoms with van der Waals surface area (Å²) >= 11 is 0. The van der Waals surface area contributed by atoms with Crippen molar-refractivity contribution in [3.8, 4) is 5.75 Å². The van der Waals surface area contributed by atoms with Crippen molar-refractivity contribution in [3.05, 3.63) is 53.3 Å². The van der Waals surface area contributed by atoms with Gasteiger partial charge in [-0.15, -0.1) is 0 Å². The summed E-state index contributed by atoms with van der Waals surface area (Å²) in [6.45, 7) is 0. The standard InChI is InChI=1S/C17H15FN2O5S/c1-25-11-3-5-13(14(18)9-11)17(22)20-26(23,24)12-4-6-15-10(8-12)2-7-16(21)19-15/h3-6,8-9H,2,7H2,1H3,(H,19,21)(H,20,22). The number of hydrogen-bond donors (Lipinski definition) is 2. The number of anilines is 1. The van der Waals surface area contributed by atoms with Crippen molar-refractivity contribution in [3.63, 3.8) is 0 Å². The van der Waals surface area contributed by atoms with E-state index in [0.29, 0.717) is 17.7 Å². The fourth-order valence-corrected chi connectivity index (χ4v) is 3.59. The first-order valence-corrected chi connectivity index (χ1v) is 9.12.